The lowest BCUT2D eigenvalue weighted by Crippen LogP contribution is -2.24. The summed E-state index contributed by atoms with van der Waals surface area (Å²) in [6.07, 6.45) is -0.325. The Kier molecular flexibility index (Phi) is 5.45. The number of primary amides is 1. The van der Waals surface area contributed by atoms with Crippen molar-refractivity contribution in [1.29, 1.82) is 0 Å². The second-order valence-electron chi connectivity index (χ2n) is 5.34. The van der Waals surface area contributed by atoms with E-state index < -0.39 is 6.10 Å². The van der Waals surface area contributed by atoms with Gasteiger partial charge in [0.05, 0.1) is 12.7 Å². The van der Waals surface area contributed by atoms with E-state index in [-0.39, 0.29) is 18.2 Å². The number of nitrogens with zero attached hydrogens (tertiary/aromatic N) is 1. The van der Waals surface area contributed by atoms with Gasteiger partial charge in [-0.15, -0.1) is 0 Å². The molecule has 0 unspecified atom stereocenters. The van der Waals surface area contributed by atoms with Crippen LogP contribution in [0.1, 0.15) is 18.9 Å². The van der Waals surface area contributed by atoms with Crippen LogP contribution < -0.4 is 10.5 Å². The molecule has 1 saturated heterocycles. The van der Waals surface area contributed by atoms with Crippen LogP contribution in [-0.2, 0) is 11.3 Å². The molecule has 0 aliphatic carbocycles. The third-order valence-electron chi connectivity index (χ3n) is 3.70. The van der Waals surface area contributed by atoms with Crippen molar-refractivity contribution in [3.05, 3.63) is 28.8 Å². The monoisotopic (exact) mass is 312 g/mol. The maximum atomic E-state index is 11.0. The Morgan fingerprint density at radius 3 is 2.95 bits per heavy atom. The molecule has 2 atom stereocenters. The zero-order valence-electron chi connectivity index (χ0n) is 12.1. The summed E-state index contributed by atoms with van der Waals surface area (Å²) in [5, 5.41) is 10.7. The fourth-order valence-corrected chi connectivity index (χ4v) is 2.96. The van der Waals surface area contributed by atoms with Gasteiger partial charge < -0.3 is 15.6 Å². The molecule has 1 heterocycles. The first-order valence-electron chi connectivity index (χ1n) is 7.10. The number of aliphatic hydroxyl groups excluding tert-OH is 1. The number of benzene rings is 1. The molecule has 5 nitrogen and oxygen atoms in total. The summed E-state index contributed by atoms with van der Waals surface area (Å²) in [5.41, 5.74) is 6.12. The zero-order chi connectivity index (χ0) is 15.4. The smallest absolute Gasteiger partial charge is 0.217 e. The molecular formula is C15H21ClN2O3. The second kappa shape index (κ2) is 7.11. The van der Waals surface area contributed by atoms with Gasteiger partial charge in [-0.1, -0.05) is 17.7 Å². The van der Waals surface area contributed by atoms with Gasteiger partial charge in [-0.05, 0) is 19.1 Å². The zero-order valence-corrected chi connectivity index (χ0v) is 12.8. The fraction of sp³-hybridized carbons (Fsp3) is 0.533. The molecule has 0 aromatic heterocycles. The SMILES string of the molecule is CCOc1cccc(Cl)c1CN1C[C@@H](CC(N)=O)[C@H](O)C1. The summed E-state index contributed by atoms with van der Waals surface area (Å²) >= 11 is 6.26. The molecule has 1 aliphatic heterocycles. The summed E-state index contributed by atoms with van der Waals surface area (Å²) in [5.74, 6) is 0.270. The van der Waals surface area contributed by atoms with E-state index in [0.717, 1.165) is 11.3 Å². The standard InChI is InChI=1S/C15H21ClN2O3/c1-2-21-14-5-3-4-12(16)11(14)8-18-7-10(6-15(17)20)13(19)9-18/h3-5,10,13,19H,2,6-9H2,1H3,(H2,17,20)/t10-,13-/m1/s1. The number of amides is 1. The number of β-amino-alcohol motifs (C(OH)–C–C–N with tert-alkyl or cyclic N) is 1. The fourth-order valence-electron chi connectivity index (χ4n) is 2.74. The van der Waals surface area contributed by atoms with Gasteiger partial charge in [0.2, 0.25) is 5.91 Å². The maximum Gasteiger partial charge on any atom is 0.217 e. The Labute approximate surface area is 129 Å². The van der Waals surface area contributed by atoms with Crippen molar-refractivity contribution in [1.82, 2.24) is 4.90 Å². The summed E-state index contributed by atoms with van der Waals surface area (Å²) in [6.45, 7) is 4.21. The number of aliphatic hydroxyl groups is 1. The van der Waals surface area contributed by atoms with Crippen LogP contribution >= 0.6 is 11.6 Å². The highest BCUT2D eigenvalue weighted by Crippen LogP contribution is 2.30. The molecule has 1 aromatic carbocycles. The van der Waals surface area contributed by atoms with Crippen LogP contribution in [0.15, 0.2) is 18.2 Å². The van der Waals surface area contributed by atoms with Crippen LogP contribution in [0.2, 0.25) is 5.02 Å². The lowest BCUT2D eigenvalue weighted by molar-refractivity contribution is -0.119. The van der Waals surface area contributed by atoms with Crippen molar-refractivity contribution in [2.24, 2.45) is 11.7 Å². The molecule has 0 radical (unpaired) electrons. The Bertz CT molecular complexity index is 510. The molecule has 0 bridgehead atoms. The maximum absolute atomic E-state index is 11.0. The number of rotatable bonds is 6. The van der Waals surface area contributed by atoms with Crippen molar-refractivity contribution in [2.75, 3.05) is 19.7 Å². The van der Waals surface area contributed by atoms with E-state index in [4.69, 9.17) is 22.1 Å². The number of likely N-dealkylation sites (tertiary alicyclic amines) is 1. The molecule has 3 N–H and O–H groups in total. The van der Waals surface area contributed by atoms with E-state index in [9.17, 15) is 9.90 Å². The molecule has 0 saturated carbocycles. The first-order chi connectivity index (χ1) is 10.0. The summed E-state index contributed by atoms with van der Waals surface area (Å²) in [7, 11) is 0. The van der Waals surface area contributed by atoms with Crippen LogP contribution in [0.5, 0.6) is 5.75 Å². The molecule has 1 fully saturated rings. The highest BCUT2D eigenvalue weighted by atomic mass is 35.5. The van der Waals surface area contributed by atoms with Crippen molar-refractivity contribution >= 4 is 17.5 Å². The van der Waals surface area contributed by atoms with Gasteiger partial charge in [-0.2, -0.15) is 0 Å². The van der Waals surface area contributed by atoms with Gasteiger partial charge >= 0.3 is 0 Å². The van der Waals surface area contributed by atoms with E-state index in [1.54, 1.807) is 0 Å². The Morgan fingerprint density at radius 1 is 1.52 bits per heavy atom. The van der Waals surface area contributed by atoms with Crippen LogP contribution in [0.4, 0.5) is 0 Å². The van der Waals surface area contributed by atoms with Gasteiger partial charge in [-0.3, -0.25) is 9.69 Å². The first-order valence-corrected chi connectivity index (χ1v) is 7.48. The first kappa shape index (κ1) is 16.1. The molecule has 1 aliphatic rings. The molecule has 21 heavy (non-hydrogen) atoms. The highest BCUT2D eigenvalue weighted by Gasteiger charge is 2.32. The van der Waals surface area contributed by atoms with Crippen molar-refractivity contribution in [2.45, 2.75) is 26.0 Å². The van der Waals surface area contributed by atoms with Crippen LogP contribution in [0.25, 0.3) is 0 Å². The number of halogens is 1. The van der Waals surface area contributed by atoms with Crippen molar-refractivity contribution in [3.8, 4) is 5.75 Å². The molecule has 0 spiro atoms. The van der Waals surface area contributed by atoms with E-state index >= 15 is 0 Å². The number of hydrogen-bond donors (Lipinski definition) is 2. The number of ether oxygens (including phenoxy) is 1. The van der Waals surface area contributed by atoms with E-state index in [1.807, 2.05) is 25.1 Å². The Balaban J connectivity index is 2.07. The molecule has 1 aromatic rings. The molecule has 2 rings (SSSR count). The van der Waals surface area contributed by atoms with Crippen LogP contribution in [0.3, 0.4) is 0 Å². The Morgan fingerprint density at radius 2 is 2.29 bits per heavy atom. The number of carbonyl (C=O) groups excluding carboxylic acids is 1. The van der Waals surface area contributed by atoms with Crippen molar-refractivity contribution < 1.29 is 14.6 Å². The minimum atomic E-state index is -0.532. The molecular weight excluding hydrogens is 292 g/mol. The largest absolute Gasteiger partial charge is 0.493 e. The number of carbonyl (C=O) groups is 1. The van der Waals surface area contributed by atoms with Gasteiger partial charge in [0.25, 0.3) is 0 Å². The minimum Gasteiger partial charge on any atom is -0.493 e. The average Bonchev–Trinajstić information content (AvgIpc) is 2.73. The van der Waals surface area contributed by atoms with Crippen molar-refractivity contribution in [3.63, 3.8) is 0 Å². The van der Waals surface area contributed by atoms with E-state index in [0.29, 0.717) is 31.3 Å². The lowest BCUT2D eigenvalue weighted by Gasteiger charge is -2.19. The van der Waals surface area contributed by atoms with Gasteiger partial charge in [0, 0.05) is 42.6 Å². The summed E-state index contributed by atoms with van der Waals surface area (Å²) in [4.78, 5) is 13.1. The molecule has 6 heteroatoms. The number of hydrogen-bond acceptors (Lipinski definition) is 4. The minimum absolute atomic E-state index is 0.111. The predicted octanol–water partition coefficient (Wildman–Crippen LogP) is 1.41. The third kappa shape index (κ3) is 4.09. The second-order valence-corrected chi connectivity index (χ2v) is 5.75. The topological polar surface area (TPSA) is 75.8 Å². The third-order valence-corrected chi connectivity index (χ3v) is 4.06. The average molecular weight is 313 g/mol. The van der Waals surface area contributed by atoms with E-state index in [1.165, 1.54) is 0 Å². The highest BCUT2D eigenvalue weighted by molar-refractivity contribution is 6.31. The van der Waals surface area contributed by atoms with Crippen LogP contribution in [-0.4, -0.2) is 41.7 Å². The van der Waals surface area contributed by atoms with Gasteiger partial charge in [0.1, 0.15) is 5.75 Å². The van der Waals surface area contributed by atoms with E-state index in [2.05, 4.69) is 4.90 Å². The normalized spacial score (nSPS) is 22.4. The van der Waals surface area contributed by atoms with Crippen LogP contribution in [0, 0.1) is 5.92 Å². The quantitative estimate of drug-likeness (QED) is 0.832. The Hall–Kier alpha value is -1.30. The van der Waals surface area contributed by atoms with Gasteiger partial charge in [0.15, 0.2) is 0 Å². The van der Waals surface area contributed by atoms with Gasteiger partial charge in [-0.25, -0.2) is 0 Å². The lowest BCUT2D eigenvalue weighted by atomic mass is 10.0. The molecule has 116 valence electrons. The predicted molar refractivity (Wildman–Crippen MR) is 81.2 cm³/mol. The molecule has 1 amide bonds. The summed E-state index contributed by atoms with van der Waals surface area (Å²) < 4.78 is 5.60. The number of nitrogens with two attached hydrogens (primary N) is 1. The summed E-state index contributed by atoms with van der Waals surface area (Å²) in [6, 6.07) is 5.57.